The highest BCUT2D eigenvalue weighted by molar-refractivity contribution is 8.00. The molecule has 1 aromatic carbocycles. The fourth-order valence-electron chi connectivity index (χ4n) is 1.75. The molecule has 1 heterocycles. The van der Waals surface area contributed by atoms with E-state index < -0.39 is 0 Å². The summed E-state index contributed by atoms with van der Waals surface area (Å²) in [7, 11) is 0. The van der Waals surface area contributed by atoms with Crippen LogP contribution in [0.15, 0.2) is 29.4 Å². The van der Waals surface area contributed by atoms with Crippen LogP contribution in [0, 0.1) is 6.92 Å². The lowest BCUT2D eigenvalue weighted by atomic mass is 10.1. The van der Waals surface area contributed by atoms with Crippen LogP contribution in [-0.2, 0) is 4.79 Å². The van der Waals surface area contributed by atoms with Gasteiger partial charge in [0.2, 0.25) is 11.1 Å². The minimum Gasteiger partial charge on any atom is -0.353 e. The number of rotatable bonds is 5. The topological polar surface area (TPSA) is 70.7 Å². The number of thioether (sulfide) groups is 1. The number of carbonyl (C=O) groups is 1. The van der Waals surface area contributed by atoms with Crippen LogP contribution in [0.2, 0.25) is 0 Å². The predicted molar refractivity (Wildman–Crippen MR) is 85.2 cm³/mol. The Labute approximate surface area is 128 Å². The van der Waals surface area contributed by atoms with Crippen molar-refractivity contribution in [2.75, 3.05) is 0 Å². The van der Waals surface area contributed by atoms with Gasteiger partial charge in [-0.15, -0.1) is 5.10 Å². The van der Waals surface area contributed by atoms with Gasteiger partial charge in [-0.2, -0.15) is 0 Å². The second-order valence-electron chi connectivity index (χ2n) is 5.26. The number of H-pyrrole nitrogens is 1. The van der Waals surface area contributed by atoms with Gasteiger partial charge in [0.25, 0.3) is 0 Å². The molecule has 0 spiro atoms. The van der Waals surface area contributed by atoms with Crippen LogP contribution >= 0.6 is 11.8 Å². The normalized spacial score (nSPS) is 12.4. The Balaban J connectivity index is 2.03. The van der Waals surface area contributed by atoms with E-state index in [1.807, 2.05) is 52.0 Å². The number of hydrogen-bond donors (Lipinski definition) is 2. The van der Waals surface area contributed by atoms with E-state index in [0.29, 0.717) is 11.0 Å². The summed E-state index contributed by atoms with van der Waals surface area (Å²) in [6.07, 6.45) is 0. The van der Waals surface area contributed by atoms with Gasteiger partial charge in [0, 0.05) is 11.6 Å². The maximum Gasteiger partial charge on any atom is 0.233 e. The lowest BCUT2D eigenvalue weighted by molar-refractivity contribution is -0.120. The first-order chi connectivity index (χ1) is 9.95. The largest absolute Gasteiger partial charge is 0.353 e. The molecule has 6 heteroatoms. The van der Waals surface area contributed by atoms with Gasteiger partial charge in [-0.25, -0.2) is 4.98 Å². The SMILES string of the molecule is Cc1ccc(-c2nc(SC(C)C(=O)NC(C)C)n[nH]2)cc1. The molecule has 1 amide bonds. The van der Waals surface area contributed by atoms with E-state index in [9.17, 15) is 4.79 Å². The average molecular weight is 304 g/mol. The molecule has 0 bridgehead atoms. The first kappa shape index (κ1) is 15.6. The van der Waals surface area contributed by atoms with Crippen molar-refractivity contribution < 1.29 is 4.79 Å². The molecule has 0 fully saturated rings. The third-order valence-electron chi connectivity index (χ3n) is 2.87. The van der Waals surface area contributed by atoms with Crippen molar-refractivity contribution in [1.82, 2.24) is 20.5 Å². The number of nitrogens with zero attached hydrogens (tertiary/aromatic N) is 2. The Morgan fingerprint density at radius 3 is 2.52 bits per heavy atom. The number of benzene rings is 1. The number of hydrogen-bond acceptors (Lipinski definition) is 4. The quantitative estimate of drug-likeness (QED) is 0.833. The zero-order chi connectivity index (χ0) is 15.4. The van der Waals surface area contributed by atoms with E-state index >= 15 is 0 Å². The van der Waals surface area contributed by atoms with Gasteiger partial charge in [-0.3, -0.25) is 9.89 Å². The minimum absolute atomic E-state index is 0.00307. The van der Waals surface area contributed by atoms with E-state index in [-0.39, 0.29) is 17.2 Å². The molecule has 0 radical (unpaired) electrons. The number of aromatic nitrogens is 3. The van der Waals surface area contributed by atoms with Crippen molar-refractivity contribution in [3.63, 3.8) is 0 Å². The van der Waals surface area contributed by atoms with Gasteiger partial charge in [-0.1, -0.05) is 41.6 Å². The molecule has 1 unspecified atom stereocenters. The number of aromatic amines is 1. The Morgan fingerprint density at radius 1 is 1.24 bits per heavy atom. The third-order valence-corrected chi connectivity index (χ3v) is 3.83. The fourth-order valence-corrected chi connectivity index (χ4v) is 2.49. The maximum absolute atomic E-state index is 11.9. The first-order valence-electron chi connectivity index (χ1n) is 6.92. The standard InChI is InChI=1S/C15H20N4OS/c1-9(2)16-14(20)11(4)21-15-17-13(18-19-15)12-7-5-10(3)6-8-12/h5-9,11H,1-4H3,(H,16,20)(H,17,18,19). The molecule has 21 heavy (non-hydrogen) atoms. The number of nitrogens with one attached hydrogen (secondary N) is 2. The van der Waals surface area contributed by atoms with Crippen LogP contribution in [0.3, 0.4) is 0 Å². The van der Waals surface area contributed by atoms with E-state index in [4.69, 9.17) is 0 Å². The van der Waals surface area contributed by atoms with Gasteiger partial charge in [0.15, 0.2) is 5.82 Å². The number of aryl methyl sites for hydroxylation is 1. The maximum atomic E-state index is 11.9. The predicted octanol–water partition coefficient (Wildman–Crippen LogP) is 2.79. The van der Waals surface area contributed by atoms with E-state index in [1.165, 1.54) is 17.3 Å². The summed E-state index contributed by atoms with van der Waals surface area (Å²) in [6, 6.07) is 8.20. The zero-order valence-electron chi connectivity index (χ0n) is 12.7. The molecule has 0 saturated carbocycles. The van der Waals surface area contributed by atoms with Gasteiger partial charge in [0.05, 0.1) is 5.25 Å². The summed E-state index contributed by atoms with van der Waals surface area (Å²) in [5.74, 6) is 0.714. The van der Waals surface area contributed by atoms with Crippen molar-refractivity contribution >= 4 is 17.7 Å². The highest BCUT2D eigenvalue weighted by Crippen LogP contribution is 2.22. The summed E-state index contributed by atoms with van der Waals surface area (Å²) < 4.78 is 0. The van der Waals surface area contributed by atoms with Crippen molar-refractivity contribution in [2.24, 2.45) is 0 Å². The zero-order valence-corrected chi connectivity index (χ0v) is 13.5. The molecule has 1 aromatic heterocycles. The van der Waals surface area contributed by atoms with E-state index in [2.05, 4.69) is 20.5 Å². The Morgan fingerprint density at radius 2 is 1.90 bits per heavy atom. The second-order valence-corrected chi connectivity index (χ2v) is 6.56. The molecule has 2 rings (SSSR count). The minimum atomic E-state index is -0.228. The van der Waals surface area contributed by atoms with Crippen LogP contribution in [0.5, 0.6) is 0 Å². The summed E-state index contributed by atoms with van der Waals surface area (Å²) in [5.41, 5.74) is 2.19. The van der Waals surface area contributed by atoms with Gasteiger partial charge >= 0.3 is 0 Å². The molecule has 2 aromatic rings. The monoisotopic (exact) mass is 304 g/mol. The molecule has 5 nitrogen and oxygen atoms in total. The van der Waals surface area contributed by atoms with Crippen molar-refractivity contribution in [3.8, 4) is 11.4 Å². The highest BCUT2D eigenvalue weighted by Gasteiger charge is 2.17. The second kappa shape index (κ2) is 6.76. The number of carbonyl (C=O) groups excluding carboxylic acids is 1. The molecule has 0 aliphatic rings. The molecule has 2 N–H and O–H groups in total. The summed E-state index contributed by atoms with van der Waals surface area (Å²) >= 11 is 1.35. The first-order valence-corrected chi connectivity index (χ1v) is 7.80. The third kappa shape index (κ3) is 4.32. The highest BCUT2D eigenvalue weighted by atomic mass is 32.2. The average Bonchev–Trinajstić information content (AvgIpc) is 2.87. The van der Waals surface area contributed by atoms with Gasteiger partial charge in [0.1, 0.15) is 0 Å². The molecule has 1 atom stereocenters. The van der Waals surface area contributed by atoms with Crippen LogP contribution in [0.1, 0.15) is 26.3 Å². The lowest BCUT2D eigenvalue weighted by Gasteiger charge is -2.12. The summed E-state index contributed by atoms with van der Waals surface area (Å²) in [4.78, 5) is 16.3. The number of amides is 1. The Kier molecular flexibility index (Phi) is 5.01. The molecule has 0 saturated heterocycles. The van der Waals surface area contributed by atoms with Crippen LogP contribution in [0.25, 0.3) is 11.4 Å². The molecule has 112 valence electrons. The van der Waals surface area contributed by atoms with Crippen LogP contribution in [-0.4, -0.2) is 32.4 Å². The summed E-state index contributed by atoms with van der Waals surface area (Å²) in [6.45, 7) is 7.78. The Hall–Kier alpha value is -1.82. The van der Waals surface area contributed by atoms with Crippen LogP contribution < -0.4 is 5.32 Å². The Bertz CT molecular complexity index is 606. The van der Waals surface area contributed by atoms with Crippen molar-refractivity contribution in [3.05, 3.63) is 29.8 Å². The van der Waals surface area contributed by atoms with Crippen LogP contribution in [0.4, 0.5) is 0 Å². The van der Waals surface area contributed by atoms with E-state index in [1.54, 1.807) is 0 Å². The van der Waals surface area contributed by atoms with Crippen molar-refractivity contribution in [1.29, 1.82) is 0 Å². The molecule has 0 aliphatic carbocycles. The van der Waals surface area contributed by atoms with Crippen molar-refractivity contribution in [2.45, 2.75) is 44.1 Å². The molecular formula is C15H20N4OS. The molecular weight excluding hydrogens is 284 g/mol. The van der Waals surface area contributed by atoms with E-state index in [0.717, 1.165) is 5.56 Å². The fraction of sp³-hybridized carbons (Fsp3) is 0.400. The van der Waals surface area contributed by atoms with Gasteiger partial charge in [-0.05, 0) is 27.7 Å². The summed E-state index contributed by atoms with van der Waals surface area (Å²) in [5, 5.41) is 10.3. The lowest BCUT2D eigenvalue weighted by Crippen LogP contribution is -2.35. The van der Waals surface area contributed by atoms with Gasteiger partial charge < -0.3 is 5.32 Å². The molecule has 0 aliphatic heterocycles. The smallest absolute Gasteiger partial charge is 0.233 e.